The van der Waals surface area contributed by atoms with Gasteiger partial charge in [0.2, 0.25) is 0 Å². The first-order chi connectivity index (χ1) is 17.5. The van der Waals surface area contributed by atoms with Crippen molar-refractivity contribution >= 4 is 39.7 Å². The van der Waals surface area contributed by atoms with E-state index in [0.717, 1.165) is 24.4 Å². The van der Waals surface area contributed by atoms with Crippen LogP contribution in [0, 0.1) is 5.82 Å². The zero-order valence-corrected chi connectivity index (χ0v) is 21.8. The molecule has 0 aliphatic carbocycles. The van der Waals surface area contributed by atoms with E-state index in [1.165, 1.54) is 6.92 Å². The van der Waals surface area contributed by atoms with Crippen LogP contribution in [-0.4, -0.2) is 55.3 Å². The van der Waals surface area contributed by atoms with Crippen molar-refractivity contribution in [2.45, 2.75) is 55.3 Å². The molecule has 3 atom stereocenters. The highest BCUT2D eigenvalue weighted by molar-refractivity contribution is 8.29. The summed E-state index contributed by atoms with van der Waals surface area (Å²) < 4.78 is 86.3. The number of rotatable bonds is 5. The second-order valence-corrected chi connectivity index (χ2v) is 13.0. The number of amidine groups is 1. The van der Waals surface area contributed by atoms with E-state index >= 15 is 4.39 Å². The van der Waals surface area contributed by atoms with Crippen molar-refractivity contribution in [2.75, 3.05) is 11.9 Å². The number of carbonyl (C=O) groups excluding carboxylic acids is 1. The second kappa shape index (κ2) is 9.47. The normalized spacial score (nSPS) is 29.6. The summed E-state index contributed by atoms with van der Waals surface area (Å²) in [6.45, 7) is 0.565. The number of fused-ring (bicyclic) bond motifs is 1. The molecule has 38 heavy (non-hydrogen) atoms. The number of pyridine rings is 2. The van der Waals surface area contributed by atoms with Crippen LogP contribution in [0.25, 0.3) is 0 Å². The SMILES string of the molecule is CC1(C)C(N)=N[C@](C)(c2nc(NC(=O)c3ncc(OC(F)F)cc3Cl)ccc2F)[C@H]2CC(F)(F)CNS21O. The molecule has 5 N–H and O–H groups in total. The largest absolute Gasteiger partial charge is 0.433 e. The van der Waals surface area contributed by atoms with Gasteiger partial charge in [0.25, 0.3) is 11.8 Å². The number of hydrogen-bond acceptors (Lipinski definition) is 8. The van der Waals surface area contributed by atoms with E-state index in [-0.39, 0.29) is 28.1 Å². The Kier molecular flexibility index (Phi) is 7.04. The summed E-state index contributed by atoms with van der Waals surface area (Å²) in [4.78, 5) is 25.0. The van der Waals surface area contributed by atoms with Gasteiger partial charge < -0.3 is 20.3 Å². The number of hydrogen-bond donors (Lipinski definition) is 4. The predicted octanol–water partition coefficient (Wildman–Crippen LogP) is 4.68. The average Bonchev–Trinajstić information content (AvgIpc) is 2.80. The number of ether oxygens (including phenoxy) is 1. The number of nitrogens with two attached hydrogens (primary N) is 1. The molecule has 1 saturated heterocycles. The quantitative estimate of drug-likeness (QED) is 0.376. The molecule has 9 nitrogen and oxygen atoms in total. The molecule has 0 bridgehead atoms. The molecule has 1 unspecified atom stereocenters. The fraction of sp³-hybridized carbons (Fsp3) is 0.455. The molecule has 0 saturated carbocycles. The van der Waals surface area contributed by atoms with Crippen LogP contribution in [0.2, 0.25) is 5.02 Å². The van der Waals surface area contributed by atoms with Crippen LogP contribution in [0.1, 0.15) is 43.4 Å². The highest BCUT2D eigenvalue weighted by atomic mass is 35.5. The van der Waals surface area contributed by atoms with Crippen LogP contribution in [0.5, 0.6) is 5.75 Å². The Morgan fingerprint density at radius 3 is 2.66 bits per heavy atom. The molecule has 2 aromatic heterocycles. The summed E-state index contributed by atoms with van der Waals surface area (Å²) in [6, 6.07) is 3.02. The van der Waals surface area contributed by atoms with E-state index in [4.69, 9.17) is 17.3 Å². The van der Waals surface area contributed by atoms with Crippen LogP contribution >= 0.6 is 22.1 Å². The number of anilines is 1. The Morgan fingerprint density at radius 1 is 1.34 bits per heavy atom. The molecule has 4 rings (SSSR count). The first-order valence-electron chi connectivity index (χ1n) is 11.1. The number of aliphatic imine (C=N–C) groups is 1. The molecule has 0 aromatic carbocycles. The van der Waals surface area contributed by atoms with Crippen LogP contribution < -0.4 is 20.5 Å². The van der Waals surface area contributed by atoms with Gasteiger partial charge in [0.05, 0.1) is 27.8 Å². The molecule has 208 valence electrons. The first-order valence-corrected chi connectivity index (χ1v) is 13.1. The van der Waals surface area contributed by atoms with Gasteiger partial charge in [0.15, 0.2) is 0 Å². The highest BCUT2D eigenvalue weighted by Crippen LogP contribution is 2.67. The fourth-order valence-corrected chi connectivity index (χ4v) is 8.09. The molecule has 4 heterocycles. The minimum absolute atomic E-state index is 0.0795. The Balaban J connectivity index is 1.72. The third-order valence-electron chi connectivity index (χ3n) is 6.64. The summed E-state index contributed by atoms with van der Waals surface area (Å²) in [5, 5.41) is 0.744. The highest BCUT2D eigenvalue weighted by Gasteiger charge is 2.64. The van der Waals surface area contributed by atoms with Gasteiger partial charge in [-0.2, -0.15) is 8.78 Å². The first kappa shape index (κ1) is 28.3. The smallest absolute Gasteiger partial charge is 0.387 e. The van der Waals surface area contributed by atoms with E-state index in [0.29, 0.717) is 0 Å². The maximum Gasteiger partial charge on any atom is 0.387 e. The van der Waals surface area contributed by atoms with Crippen LogP contribution in [-0.2, 0) is 5.54 Å². The van der Waals surface area contributed by atoms with Crippen molar-refractivity contribution in [3.05, 3.63) is 46.6 Å². The molecular formula is C22H24ClF5N6O3S. The number of alkyl halides is 4. The summed E-state index contributed by atoms with van der Waals surface area (Å²) in [5.41, 5.74) is 3.54. The predicted molar refractivity (Wildman–Crippen MR) is 133 cm³/mol. The van der Waals surface area contributed by atoms with Gasteiger partial charge in [-0.25, -0.2) is 23.1 Å². The number of amides is 1. The van der Waals surface area contributed by atoms with Gasteiger partial charge in [0, 0.05) is 12.5 Å². The van der Waals surface area contributed by atoms with Gasteiger partial charge in [-0.1, -0.05) is 22.1 Å². The molecule has 0 radical (unpaired) electrons. The number of nitrogens with zero attached hydrogens (tertiary/aromatic N) is 3. The third-order valence-corrected chi connectivity index (χ3v) is 10.7. The van der Waals surface area contributed by atoms with Crippen molar-refractivity contribution in [3.63, 3.8) is 0 Å². The lowest BCUT2D eigenvalue weighted by atomic mass is 9.88. The summed E-state index contributed by atoms with van der Waals surface area (Å²) >= 11 is 5.97. The lowest BCUT2D eigenvalue weighted by Gasteiger charge is -2.61. The van der Waals surface area contributed by atoms with E-state index < -0.39 is 68.9 Å². The minimum atomic E-state index is -3.23. The fourth-order valence-electron chi connectivity index (χ4n) is 4.47. The third kappa shape index (κ3) is 4.76. The summed E-state index contributed by atoms with van der Waals surface area (Å²) in [5.74, 6) is -5.75. The molecule has 1 fully saturated rings. The Morgan fingerprint density at radius 2 is 2.03 bits per heavy atom. The van der Waals surface area contributed by atoms with Crippen molar-refractivity contribution in [2.24, 2.45) is 10.7 Å². The van der Waals surface area contributed by atoms with E-state index in [2.05, 4.69) is 29.7 Å². The van der Waals surface area contributed by atoms with Gasteiger partial charge in [-0.15, -0.1) is 0 Å². The van der Waals surface area contributed by atoms with Crippen molar-refractivity contribution in [1.82, 2.24) is 14.7 Å². The zero-order valence-electron chi connectivity index (χ0n) is 20.2. The standard InChI is InChI=1S/C22H24ClF5N6O3S/c1-20(2)18(29)34-21(3,13-7-22(27,28)9-31-38(13,20)36)16-12(24)4-5-14(32-16)33-17(35)15-11(23)6-10(8-30-15)37-19(25)26/h4-6,8,13,19,31,36H,7,9H2,1-3H3,(H2,29,34)(H,32,33,35)/t13-,21+/m1/s1. The van der Waals surface area contributed by atoms with Crippen LogP contribution in [0.15, 0.2) is 29.4 Å². The lowest BCUT2D eigenvalue weighted by molar-refractivity contribution is -0.0500. The van der Waals surface area contributed by atoms with E-state index in [1.54, 1.807) is 13.8 Å². The molecule has 2 aliphatic rings. The van der Waals surface area contributed by atoms with Crippen LogP contribution in [0.3, 0.4) is 0 Å². The maximum atomic E-state index is 15.2. The molecule has 2 aromatic rings. The monoisotopic (exact) mass is 582 g/mol. The molecule has 0 spiro atoms. The Bertz CT molecular complexity index is 1320. The molecule has 16 heteroatoms. The topological polar surface area (TPSA) is 135 Å². The number of nitrogens with one attached hydrogen (secondary N) is 2. The van der Waals surface area contributed by atoms with Gasteiger partial charge >= 0.3 is 6.61 Å². The zero-order chi connectivity index (χ0) is 28.3. The minimum Gasteiger partial charge on any atom is -0.433 e. The summed E-state index contributed by atoms with van der Waals surface area (Å²) in [7, 11) is -3.12. The maximum absolute atomic E-state index is 15.2. The average molecular weight is 583 g/mol. The number of halogens is 6. The summed E-state index contributed by atoms with van der Waals surface area (Å²) in [6.07, 6.45) is 0.0471. The van der Waals surface area contributed by atoms with E-state index in [1.807, 2.05) is 0 Å². The van der Waals surface area contributed by atoms with Gasteiger partial charge in [-0.05, 0) is 32.9 Å². The second-order valence-electron chi connectivity index (χ2n) is 9.51. The van der Waals surface area contributed by atoms with Gasteiger partial charge in [0.1, 0.15) is 40.1 Å². The Labute approximate surface area is 220 Å². The molecular weight excluding hydrogens is 559 g/mol. The van der Waals surface area contributed by atoms with E-state index in [9.17, 15) is 26.9 Å². The number of aromatic nitrogens is 2. The Hall–Kier alpha value is -2.75. The van der Waals surface area contributed by atoms with Crippen molar-refractivity contribution in [3.8, 4) is 5.75 Å². The molecule has 2 aliphatic heterocycles. The van der Waals surface area contributed by atoms with Crippen LogP contribution in [0.4, 0.5) is 27.8 Å². The number of carbonyl (C=O) groups is 1. The van der Waals surface area contributed by atoms with Crippen molar-refractivity contribution in [1.29, 1.82) is 0 Å². The van der Waals surface area contributed by atoms with Crippen molar-refractivity contribution < 1.29 is 36.0 Å². The lowest BCUT2D eigenvalue weighted by Crippen LogP contribution is -2.65. The van der Waals surface area contributed by atoms with Gasteiger partial charge in [-0.3, -0.25) is 14.5 Å². The molecule has 1 amide bonds.